The number of carbonyl (C=O) groups is 2. The second kappa shape index (κ2) is 9.35. The molecule has 0 spiro atoms. The first-order valence-electron chi connectivity index (χ1n) is 10.8. The minimum atomic E-state index is -4.48. The summed E-state index contributed by atoms with van der Waals surface area (Å²) in [5.74, 6) is -1.54. The SMILES string of the molecule is CN1CCN(C(=O)[C@@H]2CN(C(=O)c3cccc(Cl)c3)C[C@@H]2c2cccc(C(F)(F)F)c2)CC1. The second-order valence-corrected chi connectivity index (χ2v) is 9.12. The fourth-order valence-electron chi connectivity index (χ4n) is 4.57. The lowest BCUT2D eigenvalue weighted by atomic mass is 9.87. The Morgan fingerprint density at radius 1 is 0.939 bits per heavy atom. The van der Waals surface area contributed by atoms with Crippen LogP contribution < -0.4 is 0 Å². The van der Waals surface area contributed by atoms with Crippen LogP contribution in [0.4, 0.5) is 13.2 Å². The molecule has 0 aromatic heterocycles. The number of hydrogen-bond donors (Lipinski definition) is 0. The maximum Gasteiger partial charge on any atom is 0.416 e. The minimum absolute atomic E-state index is 0.119. The van der Waals surface area contributed by atoms with Crippen LogP contribution in [0.3, 0.4) is 0 Å². The summed E-state index contributed by atoms with van der Waals surface area (Å²) in [4.78, 5) is 32.0. The molecule has 2 aliphatic rings. The zero-order valence-corrected chi connectivity index (χ0v) is 18.9. The Balaban J connectivity index is 1.64. The number of hydrogen-bond acceptors (Lipinski definition) is 3. The molecule has 4 rings (SSSR count). The summed E-state index contributed by atoms with van der Waals surface area (Å²) in [5, 5.41) is 0.416. The monoisotopic (exact) mass is 479 g/mol. The van der Waals surface area contributed by atoms with E-state index >= 15 is 0 Å². The van der Waals surface area contributed by atoms with Crippen LogP contribution in [0.5, 0.6) is 0 Å². The van der Waals surface area contributed by atoms with Gasteiger partial charge in [0.15, 0.2) is 0 Å². The lowest BCUT2D eigenvalue weighted by Crippen LogP contribution is -2.50. The largest absolute Gasteiger partial charge is 0.416 e. The first-order chi connectivity index (χ1) is 15.6. The van der Waals surface area contributed by atoms with Gasteiger partial charge in [-0.05, 0) is 36.9 Å². The number of likely N-dealkylation sites (tertiary alicyclic amines) is 1. The van der Waals surface area contributed by atoms with Gasteiger partial charge in [0.2, 0.25) is 5.91 Å². The second-order valence-electron chi connectivity index (χ2n) is 8.69. The van der Waals surface area contributed by atoms with Gasteiger partial charge in [-0.25, -0.2) is 0 Å². The molecule has 0 N–H and O–H groups in total. The summed E-state index contributed by atoms with van der Waals surface area (Å²) in [7, 11) is 1.98. The van der Waals surface area contributed by atoms with Crippen molar-refractivity contribution in [3.63, 3.8) is 0 Å². The Morgan fingerprint density at radius 3 is 2.30 bits per heavy atom. The van der Waals surface area contributed by atoms with Gasteiger partial charge in [0.25, 0.3) is 5.91 Å². The average Bonchev–Trinajstić information content (AvgIpc) is 3.23. The number of alkyl halides is 3. The predicted molar refractivity (Wildman–Crippen MR) is 119 cm³/mol. The summed E-state index contributed by atoms with van der Waals surface area (Å²) in [5.41, 5.74) is 0.0436. The highest BCUT2D eigenvalue weighted by molar-refractivity contribution is 6.30. The third-order valence-corrected chi connectivity index (χ3v) is 6.69. The molecule has 2 aliphatic heterocycles. The maximum atomic E-state index is 13.5. The lowest BCUT2D eigenvalue weighted by Gasteiger charge is -2.35. The maximum absolute atomic E-state index is 13.5. The third-order valence-electron chi connectivity index (χ3n) is 6.45. The molecule has 2 amide bonds. The highest BCUT2D eigenvalue weighted by atomic mass is 35.5. The lowest BCUT2D eigenvalue weighted by molar-refractivity contribution is -0.137. The molecule has 0 bridgehead atoms. The molecule has 2 fully saturated rings. The number of amides is 2. The van der Waals surface area contributed by atoms with Crippen LogP contribution in [0.15, 0.2) is 48.5 Å². The van der Waals surface area contributed by atoms with Gasteiger partial charge in [0, 0.05) is 55.8 Å². The van der Waals surface area contributed by atoms with E-state index in [-0.39, 0.29) is 24.9 Å². The molecule has 5 nitrogen and oxygen atoms in total. The number of piperazine rings is 1. The van der Waals surface area contributed by atoms with Gasteiger partial charge in [-0.3, -0.25) is 9.59 Å². The Kier molecular flexibility index (Phi) is 6.68. The van der Waals surface area contributed by atoms with Crippen LogP contribution in [0.1, 0.15) is 27.4 Å². The molecule has 2 aromatic rings. The number of likely N-dealkylation sites (N-methyl/N-ethyl adjacent to an activating group) is 1. The van der Waals surface area contributed by atoms with E-state index in [1.807, 2.05) is 7.05 Å². The number of nitrogens with zero attached hydrogens (tertiary/aromatic N) is 3. The predicted octanol–water partition coefficient (Wildman–Crippen LogP) is 3.99. The van der Waals surface area contributed by atoms with Crippen LogP contribution in [-0.4, -0.2) is 72.8 Å². The van der Waals surface area contributed by atoms with E-state index in [4.69, 9.17) is 11.6 Å². The first-order valence-corrected chi connectivity index (χ1v) is 11.2. The van der Waals surface area contributed by atoms with Crippen molar-refractivity contribution in [1.29, 1.82) is 0 Å². The van der Waals surface area contributed by atoms with Crippen molar-refractivity contribution in [2.45, 2.75) is 12.1 Å². The van der Waals surface area contributed by atoms with E-state index in [1.54, 1.807) is 40.1 Å². The van der Waals surface area contributed by atoms with E-state index in [1.165, 1.54) is 6.07 Å². The van der Waals surface area contributed by atoms with Crippen molar-refractivity contribution >= 4 is 23.4 Å². The highest BCUT2D eigenvalue weighted by Crippen LogP contribution is 2.38. The summed E-state index contributed by atoms with van der Waals surface area (Å²) in [6, 6.07) is 11.6. The number of carbonyl (C=O) groups excluding carboxylic acids is 2. The molecule has 2 atom stereocenters. The summed E-state index contributed by atoms with van der Waals surface area (Å²) in [6.45, 7) is 2.90. The molecule has 2 aromatic carbocycles. The Morgan fingerprint density at radius 2 is 1.64 bits per heavy atom. The molecule has 2 saturated heterocycles. The Hall–Kier alpha value is -2.58. The number of rotatable bonds is 3. The van der Waals surface area contributed by atoms with Crippen LogP contribution in [0, 0.1) is 5.92 Å². The van der Waals surface area contributed by atoms with Gasteiger partial charge >= 0.3 is 6.18 Å². The molecule has 33 heavy (non-hydrogen) atoms. The average molecular weight is 480 g/mol. The molecule has 0 unspecified atom stereocenters. The molecular weight excluding hydrogens is 455 g/mol. The fourth-order valence-corrected chi connectivity index (χ4v) is 4.76. The van der Waals surface area contributed by atoms with Gasteiger partial charge in [-0.1, -0.05) is 35.9 Å². The molecule has 9 heteroatoms. The van der Waals surface area contributed by atoms with Crippen molar-refractivity contribution in [1.82, 2.24) is 14.7 Å². The quantitative estimate of drug-likeness (QED) is 0.668. The summed E-state index contributed by atoms with van der Waals surface area (Å²) in [6.07, 6.45) is -4.48. The van der Waals surface area contributed by atoms with E-state index < -0.39 is 23.6 Å². The standard InChI is InChI=1S/C24H25ClF3N3O2/c1-29-8-10-30(11-9-29)23(33)21-15-31(22(32)17-5-3-7-19(25)13-17)14-20(21)16-4-2-6-18(12-16)24(26,27)28/h2-7,12-13,20-21H,8-11,14-15H2,1H3/t20-,21-/m1/s1. The molecule has 0 saturated carbocycles. The van der Waals surface area contributed by atoms with E-state index in [0.29, 0.717) is 29.2 Å². The van der Waals surface area contributed by atoms with Crippen LogP contribution in [0.2, 0.25) is 5.02 Å². The third kappa shape index (κ3) is 5.17. The topological polar surface area (TPSA) is 43.9 Å². The Labute approximate surface area is 195 Å². The van der Waals surface area contributed by atoms with Gasteiger partial charge in [0.05, 0.1) is 11.5 Å². The molecular formula is C24H25ClF3N3O2. The van der Waals surface area contributed by atoms with E-state index in [2.05, 4.69) is 4.90 Å². The van der Waals surface area contributed by atoms with E-state index in [9.17, 15) is 22.8 Å². The van der Waals surface area contributed by atoms with Gasteiger partial charge < -0.3 is 14.7 Å². The van der Waals surface area contributed by atoms with Crippen molar-refractivity contribution in [3.05, 3.63) is 70.2 Å². The Bertz CT molecular complexity index is 1040. The molecule has 2 heterocycles. The smallest absolute Gasteiger partial charge is 0.340 e. The zero-order valence-electron chi connectivity index (χ0n) is 18.2. The fraction of sp³-hybridized carbons (Fsp3) is 0.417. The number of halogens is 4. The number of benzene rings is 2. The van der Waals surface area contributed by atoms with Gasteiger partial charge in [-0.2, -0.15) is 13.2 Å². The molecule has 176 valence electrons. The first kappa shape index (κ1) is 23.6. The van der Waals surface area contributed by atoms with Crippen molar-refractivity contribution in [2.24, 2.45) is 5.92 Å². The summed E-state index contributed by atoms with van der Waals surface area (Å²) >= 11 is 6.03. The normalized spacial score (nSPS) is 22.0. The van der Waals surface area contributed by atoms with Crippen LogP contribution >= 0.6 is 11.6 Å². The van der Waals surface area contributed by atoms with E-state index in [0.717, 1.165) is 25.2 Å². The zero-order chi connectivity index (χ0) is 23.8. The van der Waals surface area contributed by atoms with Crippen LogP contribution in [-0.2, 0) is 11.0 Å². The van der Waals surface area contributed by atoms with Gasteiger partial charge in [0.1, 0.15) is 0 Å². The van der Waals surface area contributed by atoms with Crippen molar-refractivity contribution < 1.29 is 22.8 Å². The van der Waals surface area contributed by atoms with Crippen molar-refractivity contribution in [3.8, 4) is 0 Å². The molecule has 0 radical (unpaired) electrons. The summed E-state index contributed by atoms with van der Waals surface area (Å²) < 4.78 is 40.0. The highest BCUT2D eigenvalue weighted by Gasteiger charge is 2.43. The van der Waals surface area contributed by atoms with Gasteiger partial charge in [-0.15, -0.1) is 0 Å². The van der Waals surface area contributed by atoms with Crippen molar-refractivity contribution in [2.75, 3.05) is 46.3 Å². The minimum Gasteiger partial charge on any atom is -0.340 e. The molecule has 0 aliphatic carbocycles. The van der Waals surface area contributed by atoms with Crippen LogP contribution in [0.25, 0.3) is 0 Å².